The zero-order chi connectivity index (χ0) is 17.2. The third kappa shape index (κ3) is 3.21. The first kappa shape index (κ1) is 16.0. The van der Waals surface area contributed by atoms with Crippen molar-refractivity contribution < 1.29 is 4.84 Å². The molecule has 25 heavy (non-hydrogen) atoms. The van der Waals surface area contributed by atoms with Crippen molar-refractivity contribution in [2.24, 2.45) is 4.99 Å². The number of thiocarbonyl (C=S) groups is 1. The zero-order valence-corrected chi connectivity index (χ0v) is 14.7. The lowest BCUT2D eigenvalue weighted by atomic mass is 9.91. The Balaban J connectivity index is 1.71. The molecule has 2 heterocycles. The lowest BCUT2D eigenvalue weighted by molar-refractivity contribution is 0.0388. The van der Waals surface area contributed by atoms with E-state index < -0.39 is 0 Å². The van der Waals surface area contributed by atoms with Gasteiger partial charge in [-0.2, -0.15) is 0 Å². The van der Waals surface area contributed by atoms with Gasteiger partial charge in [0, 0.05) is 23.4 Å². The quantitative estimate of drug-likeness (QED) is 0.805. The fourth-order valence-corrected chi connectivity index (χ4v) is 3.62. The van der Waals surface area contributed by atoms with Gasteiger partial charge in [0.05, 0.1) is 6.04 Å². The molecule has 0 bridgehead atoms. The molecular weight excluding hydrogens is 330 g/mol. The van der Waals surface area contributed by atoms with Crippen LogP contribution in [-0.4, -0.2) is 10.8 Å². The van der Waals surface area contributed by atoms with Gasteiger partial charge in [-0.15, -0.1) is 0 Å². The summed E-state index contributed by atoms with van der Waals surface area (Å²) in [7, 11) is 0. The Labute approximate surface area is 152 Å². The minimum absolute atomic E-state index is 0.00167. The van der Waals surface area contributed by atoms with E-state index in [1.807, 2.05) is 43.3 Å². The Morgan fingerprint density at radius 2 is 1.64 bits per heavy atom. The smallest absolute Gasteiger partial charge is 0.193 e. The molecule has 4 rings (SSSR count). The summed E-state index contributed by atoms with van der Waals surface area (Å²) in [5.41, 5.74) is 8.55. The summed E-state index contributed by atoms with van der Waals surface area (Å²) >= 11 is 5.31. The number of aliphatic imine (C=N–C) groups is 1. The predicted octanol–water partition coefficient (Wildman–Crippen LogP) is 4.00. The fraction of sp³-hybridized carbons (Fsp3) is 0.200. The summed E-state index contributed by atoms with van der Waals surface area (Å²) in [6, 6.07) is 20.5. The molecule has 2 aromatic carbocycles. The number of benzene rings is 2. The Bertz CT molecular complexity index is 846. The molecule has 0 amide bonds. The standard InChI is InChI=1S/C20H19N3OS/c1-13-18(16-12-17(24-23-16)14-8-4-2-5-9-14)19(22-20(25)21-13)15-10-6-3-7-11-15/h2-11,17,19,23H,12H2,1H3,(H,22,25)/b18-16+. The first-order valence-electron chi connectivity index (χ1n) is 8.33. The average Bonchev–Trinajstić information content (AvgIpc) is 3.12. The number of hydroxylamine groups is 1. The van der Waals surface area contributed by atoms with Gasteiger partial charge in [-0.25, -0.2) is 4.99 Å². The number of hydrogen-bond acceptors (Lipinski definition) is 3. The first-order valence-corrected chi connectivity index (χ1v) is 8.74. The van der Waals surface area contributed by atoms with Crippen LogP contribution in [0, 0.1) is 0 Å². The molecule has 2 aliphatic rings. The normalized spacial score (nSPS) is 26.0. The Morgan fingerprint density at radius 3 is 2.32 bits per heavy atom. The van der Waals surface area contributed by atoms with Crippen LogP contribution in [0.1, 0.15) is 36.6 Å². The molecule has 0 saturated carbocycles. The van der Waals surface area contributed by atoms with Crippen LogP contribution in [0.4, 0.5) is 0 Å². The summed E-state index contributed by atoms with van der Waals surface area (Å²) in [5.74, 6) is 0. The highest BCUT2D eigenvalue weighted by Crippen LogP contribution is 2.35. The summed E-state index contributed by atoms with van der Waals surface area (Å²) < 4.78 is 0. The van der Waals surface area contributed by atoms with E-state index in [1.165, 1.54) is 0 Å². The van der Waals surface area contributed by atoms with Gasteiger partial charge in [-0.1, -0.05) is 60.7 Å². The molecule has 2 unspecified atom stereocenters. The minimum Gasteiger partial charge on any atom is -0.350 e. The van der Waals surface area contributed by atoms with E-state index in [4.69, 9.17) is 17.1 Å². The molecule has 4 nitrogen and oxygen atoms in total. The van der Waals surface area contributed by atoms with Gasteiger partial charge >= 0.3 is 0 Å². The van der Waals surface area contributed by atoms with Crippen LogP contribution < -0.4 is 10.8 Å². The predicted molar refractivity (Wildman–Crippen MR) is 103 cm³/mol. The van der Waals surface area contributed by atoms with Gasteiger partial charge < -0.3 is 5.32 Å². The van der Waals surface area contributed by atoms with E-state index in [-0.39, 0.29) is 12.1 Å². The maximum absolute atomic E-state index is 5.84. The van der Waals surface area contributed by atoms with Crippen molar-refractivity contribution in [3.8, 4) is 0 Å². The van der Waals surface area contributed by atoms with Crippen molar-refractivity contribution >= 4 is 23.0 Å². The van der Waals surface area contributed by atoms with Crippen molar-refractivity contribution in [2.45, 2.75) is 25.5 Å². The highest BCUT2D eigenvalue weighted by molar-refractivity contribution is 7.80. The highest BCUT2D eigenvalue weighted by atomic mass is 32.1. The first-order chi connectivity index (χ1) is 12.2. The van der Waals surface area contributed by atoms with Gasteiger partial charge in [0.1, 0.15) is 6.10 Å². The fourth-order valence-electron chi connectivity index (χ4n) is 3.37. The van der Waals surface area contributed by atoms with Gasteiger partial charge in [-0.05, 0) is 30.3 Å². The van der Waals surface area contributed by atoms with Crippen molar-refractivity contribution in [3.63, 3.8) is 0 Å². The number of nitrogens with zero attached hydrogens (tertiary/aromatic N) is 1. The molecule has 5 heteroatoms. The molecular formula is C20H19N3OS. The second-order valence-corrected chi connectivity index (χ2v) is 6.59. The Morgan fingerprint density at radius 1 is 1.00 bits per heavy atom. The largest absolute Gasteiger partial charge is 0.350 e. The molecule has 2 atom stereocenters. The average molecular weight is 349 g/mol. The van der Waals surface area contributed by atoms with E-state index in [9.17, 15) is 0 Å². The van der Waals surface area contributed by atoms with Gasteiger partial charge in [0.15, 0.2) is 5.11 Å². The SMILES string of the molecule is CC1=NC(=S)NC(c2ccccc2)/C1=C1\CC(c2ccccc2)ON1. The third-order valence-corrected chi connectivity index (χ3v) is 4.77. The molecule has 0 aliphatic carbocycles. The summed E-state index contributed by atoms with van der Waals surface area (Å²) in [4.78, 5) is 10.3. The molecule has 126 valence electrons. The van der Waals surface area contributed by atoms with Crippen molar-refractivity contribution in [1.29, 1.82) is 0 Å². The highest BCUT2D eigenvalue weighted by Gasteiger charge is 2.32. The molecule has 2 aromatic rings. The molecule has 0 spiro atoms. The topological polar surface area (TPSA) is 45.7 Å². The summed E-state index contributed by atoms with van der Waals surface area (Å²) in [6.07, 6.45) is 0.783. The molecule has 2 N–H and O–H groups in total. The Kier molecular flexibility index (Phi) is 4.34. The molecule has 1 fully saturated rings. The van der Waals surface area contributed by atoms with E-state index in [2.05, 4.69) is 40.1 Å². The van der Waals surface area contributed by atoms with Crippen molar-refractivity contribution in [1.82, 2.24) is 10.8 Å². The van der Waals surface area contributed by atoms with Crippen molar-refractivity contribution in [3.05, 3.63) is 83.1 Å². The Hall–Kier alpha value is -2.50. The number of hydrogen-bond donors (Lipinski definition) is 2. The maximum atomic E-state index is 5.84. The van der Waals surface area contributed by atoms with Crippen LogP contribution in [0.25, 0.3) is 0 Å². The van der Waals surface area contributed by atoms with Gasteiger partial charge in [0.2, 0.25) is 0 Å². The minimum atomic E-state index is -0.0215. The second-order valence-electron chi connectivity index (χ2n) is 6.21. The second kappa shape index (κ2) is 6.78. The lowest BCUT2D eigenvalue weighted by Crippen LogP contribution is -2.36. The third-order valence-electron chi connectivity index (χ3n) is 4.56. The van der Waals surface area contributed by atoms with Crippen LogP contribution in [0.15, 0.2) is 76.9 Å². The maximum Gasteiger partial charge on any atom is 0.193 e. The zero-order valence-electron chi connectivity index (χ0n) is 13.9. The monoisotopic (exact) mass is 349 g/mol. The van der Waals surface area contributed by atoms with E-state index in [1.54, 1.807) is 0 Å². The summed E-state index contributed by atoms with van der Waals surface area (Å²) in [5, 5.41) is 3.86. The van der Waals surface area contributed by atoms with Crippen molar-refractivity contribution in [2.75, 3.05) is 0 Å². The summed E-state index contributed by atoms with van der Waals surface area (Å²) in [6.45, 7) is 2.00. The molecule has 1 saturated heterocycles. The van der Waals surface area contributed by atoms with Crippen LogP contribution in [0.2, 0.25) is 0 Å². The van der Waals surface area contributed by atoms with Gasteiger partial charge in [-0.3, -0.25) is 10.3 Å². The lowest BCUT2D eigenvalue weighted by Gasteiger charge is -2.28. The van der Waals surface area contributed by atoms with Crippen LogP contribution in [0.3, 0.4) is 0 Å². The van der Waals surface area contributed by atoms with E-state index in [0.717, 1.165) is 34.5 Å². The van der Waals surface area contributed by atoms with Crippen LogP contribution in [0.5, 0.6) is 0 Å². The molecule has 2 aliphatic heterocycles. The van der Waals surface area contributed by atoms with E-state index in [0.29, 0.717) is 5.11 Å². The number of nitrogens with one attached hydrogen (secondary N) is 2. The molecule has 0 aromatic heterocycles. The van der Waals surface area contributed by atoms with E-state index >= 15 is 0 Å². The van der Waals surface area contributed by atoms with Gasteiger partial charge in [0.25, 0.3) is 0 Å². The van der Waals surface area contributed by atoms with Crippen LogP contribution in [-0.2, 0) is 4.84 Å². The molecule has 0 radical (unpaired) electrons. The number of rotatable bonds is 2. The van der Waals surface area contributed by atoms with Crippen LogP contribution >= 0.6 is 12.2 Å².